The van der Waals surface area contributed by atoms with Crippen LogP contribution in [0.4, 0.5) is 0 Å². The number of ether oxygens (including phenoxy) is 1. The smallest absolute Gasteiger partial charge is 0.320 e. The van der Waals surface area contributed by atoms with Gasteiger partial charge in [0.15, 0.2) is 0 Å². The molecule has 0 aromatic heterocycles. The Balaban J connectivity index is 2.24. The summed E-state index contributed by atoms with van der Waals surface area (Å²) in [6.07, 6.45) is 0.617. The zero-order valence-electron chi connectivity index (χ0n) is 6.54. The third kappa shape index (κ3) is 2.17. The molecule has 4 nitrogen and oxygen atoms in total. The van der Waals surface area contributed by atoms with Gasteiger partial charge in [-0.05, 0) is 6.42 Å². The quantitative estimate of drug-likeness (QED) is 0.598. The van der Waals surface area contributed by atoms with Crippen LogP contribution < -0.4 is 5.32 Å². The number of carboxylic acid groups (broad SMARTS) is 1. The molecule has 0 aliphatic carbocycles. The van der Waals surface area contributed by atoms with Gasteiger partial charge in [0, 0.05) is 0 Å². The first-order valence-electron chi connectivity index (χ1n) is 3.80. The molecule has 1 aliphatic heterocycles. The third-order valence-corrected chi connectivity index (χ3v) is 1.78. The molecule has 0 amide bonds. The lowest BCUT2D eigenvalue weighted by Gasteiger charge is -2.29. The van der Waals surface area contributed by atoms with Crippen molar-refractivity contribution < 1.29 is 14.6 Å². The zero-order chi connectivity index (χ0) is 8.27. The number of hydrogen-bond donors (Lipinski definition) is 2. The highest BCUT2D eigenvalue weighted by Crippen LogP contribution is 2.02. The number of rotatable bonds is 4. The molecule has 1 rings (SSSR count). The highest BCUT2D eigenvalue weighted by atomic mass is 16.5. The summed E-state index contributed by atoms with van der Waals surface area (Å²) >= 11 is 0. The van der Waals surface area contributed by atoms with Gasteiger partial charge in [0.25, 0.3) is 0 Å². The lowest BCUT2D eigenvalue weighted by molar-refractivity contribution is -0.140. The van der Waals surface area contributed by atoms with Crippen molar-refractivity contribution in [2.75, 3.05) is 13.2 Å². The highest BCUT2D eigenvalue weighted by Gasteiger charge is 2.24. The topological polar surface area (TPSA) is 58.6 Å². The monoisotopic (exact) mass is 159 g/mol. The molecular weight excluding hydrogens is 146 g/mol. The maximum absolute atomic E-state index is 10.5. The standard InChI is InChI=1S/C7H13NO3/c1-2-6(7(9)10)8-5-3-11-4-5/h5-6,8H,2-4H2,1H3,(H,9,10). The van der Waals surface area contributed by atoms with Crippen LogP contribution in [0, 0.1) is 0 Å². The van der Waals surface area contributed by atoms with Crippen LogP contribution in [0.15, 0.2) is 0 Å². The molecule has 1 aliphatic rings. The van der Waals surface area contributed by atoms with E-state index in [9.17, 15) is 4.79 Å². The Hall–Kier alpha value is -0.610. The molecule has 64 valence electrons. The van der Waals surface area contributed by atoms with Gasteiger partial charge in [0.2, 0.25) is 0 Å². The van der Waals surface area contributed by atoms with E-state index in [0.717, 1.165) is 0 Å². The van der Waals surface area contributed by atoms with Crippen LogP contribution in [0.1, 0.15) is 13.3 Å². The lowest BCUT2D eigenvalue weighted by atomic mass is 10.1. The van der Waals surface area contributed by atoms with Gasteiger partial charge in [0.05, 0.1) is 19.3 Å². The molecule has 0 spiro atoms. The van der Waals surface area contributed by atoms with Crippen LogP contribution >= 0.6 is 0 Å². The Labute approximate surface area is 65.5 Å². The second-order valence-corrected chi connectivity index (χ2v) is 2.70. The van der Waals surface area contributed by atoms with Crippen LogP contribution in [0.25, 0.3) is 0 Å². The van der Waals surface area contributed by atoms with E-state index in [2.05, 4.69) is 5.32 Å². The maximum atomic E-state index is 10.5. The Bertz CT molecular complexity index is 145. The van der Waals surface area contributed by atoms with E-state index in [0.29, 0.717) is 19.6 Å². The van der Waals surface area contributed by atoms with Gasteiger partial charge in [-0.3, -0.25) is 10.1 Å². The van der Waals surface area contributed by atoms with Gasteiger partial charge in [-0.1, -0.05) is 6.92 Å². The molecule has 0 aromatic rings. The second-order valence-electron chi connectivity index (χ2n) is 2.70. The summed E-state index contributed by atoms with van der Waals surface area (Å²) < 4.78 is 4.90. The molecule has 2 N–H and O–H groups in total. The van der Waals surface area contributed by atoms with E-state index in [4.69, 9.17) is 9.84 Å². The number of nitrogens with one attached hydrogen (secondary N) is 1. The average molecular weight is 159 g/mol. The summed E-state index contributed by atoms with van der Waals surface area (Å²) in [4.78, 5) is 10.5. The first-order chi connectivity index (χ1) is 5.24. The second kappa shape index (κ2) is 3.69. The molecule has 1 heterocycles. The predicted molar refractivity (Wildman–Crippen MR) is 39.5 cm³/mol. The van der Waals surface area contributed by atoms with Gasteiger partial charge < -0.3 is 9.84 Å². The van der Waals surface area contributed by atoms with E-state index in [-0.39, 0.29) is 6.04 Å². The van der Waals surface area contributed by atoms with E-state index in [1.807, 2.05) is 6.92 Å². The van der Waals surface area contributed by atoms with Crippen molar-refractivity contribution in [3.8, 4) is 0 Å². The fourth-order valence-electron chi connectivity index (χ4n) is 0.980. The van der Waals surface area contributed by atoms with E-state index >= 15 is 0 Å². The normalized spacial score (nSPS) is 20.8. The Morgan fingerprint density at radius 1 is 1.82 bits per heavy atom. The predicted octanol–water partition coefficient (Wildman–Crippen LogP) is -0.162. The van der Waals surface area contributed by atoms with Crippen molar-refractivity contribution >= 4 is 5.97 Å². The fourth-order valence-corrected chi connectivity index (χ4v) is 0.980. The van der Waals surface area contributed by atoms with Crippen LogP contribution in [0.3, 0.4) is 0 Å². The van der Waals surface area contributed by atoms with Crippen molar-refractivity contribution in [2.24, 2.45) is 0 Å². The summed E-state index contributed by atoms with van der Waals surface area (Å²) in [5.41, 5.74) is 0. The molecule has 1 unspecified atom stereocenters. The molecule has 0 radical (unpaired) electrons. The summed E-state index contributed by atoms with van der Waals surface area (Å²) in [6.45, 7) is 3.14. The van der Waals surface area contributed by atoms with Crippen molar-refractivity contribution in [3.05, 3.63) is 0 Å². The molecule has 0 saturated carbocycles. The number of aliphatic carboxylic acids is 1. The fraction of sp³-hybridized carbons (Fsp3) is 0.857. The first kappa shape index (κ1) is 8.49. The Kier molecular flexibility index (Phi) is 2.84. The minimum atomic E-state index is -0.778. The van der Waals surface area contributed by atoms with E-state index < -0.39 is 12.0 Å². The van der Waals surface area contributed by atoms with Crippen molar-refractivity contribution in [1.29, 1.82) is 0 Å². The number of carboxylic acids is 1. The van der Waals surface area contributed by atoms with Crippen molar-refractivity contribution in [3.63, 3.8) is 0 Å². The minimum Gasteiger partial charge on any atom is -0.480 e. The van der Waals surface area contributed by atoms with E-state index in [1.54, 1.807) is 0 Å². The summed E-state index contributed by atoms with van der Waals surface area (Å²) in [7, 11) is 0. The van der Waals surface area contributed by atoms with Gasteiger partial charge in [-0.2, -0.15) is 0 Å². The SMILES string of the molecule is CCC(NC1COC1)C(=O)O. The third-order valence-electron chi connectivity index (χ3n) is 1.78. The van der Waals surface area contributed by atoms with Crippen LogP contribution in [-0.2, 0) is 9.53 Å². The largest absolute Gasteiger partial charge is 0.480 e. The van der Waals surface area contributed by atoms with Gasteiger partial charge in [-0.25, -0.2) is 0 Å². The maximum Gasteiger partial charge on any atom is 0.320 e. The first-order valence-corrected chi connectivity index (χ1v) is 3.80. The molecule has 0 bridgehead atoms. The van der Waals surface area contributed by atoms with Gasteiger partial charge >= 0.3 is 5.97 Å². The van der Waals surface area contributed by atoms with Crippen LogP contribution in [-0.4, -0.2) is 36.4 Å². The number of hydrogen-bond acceptors (Lipinski definition) is 3. The average Bonchev–Trinajstić information content (AvgIpc) is 1.85. The Morgan fingerprint density at radius 2 is 2.45 bits per heavy atom. The number of carbonyl (C=O) groups is 1. The molecule has 1 atom stereocenters. The molecule has 1 saturated heterocycles. The highest BCUT2D eigenvalue weighted by molar-refractivity contribution is 5.73. The van der Waals surface area contributed by atoms with Crippen LogP contribution in [0.5, 0.6) is 0 Å². The summed E-state index contributed by atoms with van der Waals surface area (Å²) in [5.74, 6) is -0.778. The summed E-state index contributed by atoms with van der Waals surface area (Å²) in [5, 5.41) is 11.6. The lowest BCUT2D eigenvalue weighted by Crippen LogP contribution is -2.52. The molecule has 4 heteroatoms. The van der Waals surface area contributed by atoms with Crippen LogP contribution in [0.2, 0.25) is 0 Å². The zero-order valence-corrected chi connectivity index (χ0v) is 6.54. The van der Waals surface area contributed by atoms with Crippen molar-refractivity contribution in [1.82, 2.24) is 5.32 Å². The minimum absolute atomic E-state index is 0.246. The summed E-state index contributed by atoms with van der Waals surface area (Å²) in [6, 6.07) is -0.167. The molecule has 1 fully saturated rings. The molecular formula is C7H13NO3. The Morgan fingerprint density at radius 3 is 2.73 bits per heavy atom. The molecule has 0 aromatic carbocycles. The van der Waals surface area contributed by atoms with E-state index in [1.165, 1.54) is 0 Å². The molecule has 11 heavy (non-hydrogen) atoms. The van der Waals surface area contributed by atoms with Gasteiger partial charge in [0.1, 0.15) is 6.04 Å². The van der Waals surface area contributed by atoms with Crippen molar-refractivity contribution in [2.45, 2.75) is 25.4 Å². The van der Waals surface area contributed by atoms with Gasteiger partial charge in [-0.15, -0.1) is 0 Å².